The average molecular weight is 543 g/mol. The first-order chi connectivity index (χ1) is 17.7. The smallest absolute Gasteiger partial charge is 0.357 e. The van der Waals surface area contributed by atoms with Gasteiger partial charge in [-0.05, 0) is 48.4 Å². The molecule has 8 nitrogen and oxygen atoms in total. The number of hydrogen-bond donors (Lipinski definition) is 0. The van der Waals surface area contributed by atoms with E-state index in [1.54, 1.807) is 38.1 Å². The molecule has 1 aromatic heterocycles. The van der Waals surface area contributed by atoms with Gasteiger partial charge in [-0.1, -0.05) is 49.7 Å². The van der Waals surface area contributed by atoms with Gasteiger partial charge < -0.3 is 14.2 Å². The number of carbonyl (C=O) groups is 1. The lowest BCUT2D eigenvalue weighted by molar-refractivity contribution is 0.0509. The zero-order valence-electron chi connectivity index (χ0n) is 22.0. The number of hydrogen-bond acceptors (Lipinski definition) is 6. The van der Waals surface area contributed by atoms with Gasteiger partial charge in [0.05, 0.1) is 11.5 Å². The maximum absolute atomic E-state index is 12.8. The molecule has 0 bridgehead atoms. The number of carbonyl (C=O) groups excluding carboxylic acids is 1. The van der Waals surface area contributed by atoms with Crippen LogP contribution in [0.2, 0.25) is 0 Å². The molecule has 0 unspecified atom stereocenters. The van der Waals surface area contributed by atoms with Gasteiger partial charge in [0.1, 0.15) is 17.2 Å². The normalized spacial score (nSPS) is 11.7. The fourth-order valence-corrected chi connectivity index (χ4v) is 5.29. The van der Waals surface area contributed by atoms with Crippen LogP contribution in [0.4, 0.5) is 0 Å². The third-order valence-corrected chi connectivity index (χ3v) is 7.50. The Balaban J connectivity index is 1.92. The van der Waals surface area contributed by atoms with Crippen LogP contribution in [0.25, 0.3) is 11.1 Å². The van der Waals surface area contributed by atoms with Gasteiger partial charge in [-0.3, -0.25) is 0 Å². The molecular weight excluding hydrogens is 508 g/mol. The highest BCUT2D eigenvalue weighted by molar-refractivity contribution is 7.98. The summed E-state index contributed by atoms with van der Waals surface area (Å²) < 4.78 is 36.2. The summed E-state index contributed by atoms with van der Waals surface area (Å²) in [7, 11) is -0.367. The molecule has 3 rings (SSSR count). The van der Waals surface area contributed by atoms with E-state index < -0.39 is 10.0 Å². The molecule has 37 heavy (non-hydrogen) atoms. The SMILES string of the molecule is CCCCc1nc(SC)c(C(=O)OCC)n1Cc1ccc(-c2cccc(S(=O)(=O)N=CN(C)C)c2)cc1. The van der Waals surface area contributed by atoms with Crippen molar-refractivity contribution < 1.29 is 17.9 Å². The Morgan fingerprint density at radius 2 is 1.86 bits per heavy atom. The molecule has 0 aliphatic carbocycles. The van der Waals surface area contributed by atoms with Crippen molar-refractivity contribution in [2.24, 2.45) is 4.40 Å². The highest BCUT2D eigenvalue weighted by Crippen LogP contribution is 2.27. The van der Waals surface area contributed by atoms with Crippen molar-refractivity contribution in [1.29, 1.82) is 0 Å². The Morgan fingerprint density at radius 3 is 2.49 bits per heavy atom. The maximum Gasteiger partial charge on any atom is 0.357 e. The van der Waals surface area contributed by atoms with E-state index in [2.05, 4.69) is 11.3 Å². The van der Waals surface area contributed by atoms with E-state index in [0.717, 1.165) is 41.8 Å². The van der Waals surface area contributed by atoms with Crippen LogP contribution >= 0.6 is 11.8 Å². The van der Waals surface area contributed by atoms with Gasteiger partial charge in [-0.25, -0.2) is 9.78 Å². The molecule has 0 saturated heterocycles. The van der Waals surface area contributed by atoms with Gasteiger partial charge in [0, 0.05) is 27.1 Å². The molecule has 0 atom stereocenters. The van der Waals surface area contributed by atoms with Crippen LogP contribution in [-0.4, -0.2) is 62.1 Å². The first kappa shape index (κ1) is 28.5. The number of ether oxygens (including phenoxy) is 1. The van der Waals surface area contributed by atoms with E-state index in [0.29, 0.717) is 23.9 Å². The van der Waals surface area contributed by atoms with Crippen molar-refractivity contribution in [1.82, 2.24) is 14.5 Å². The van der Waals surface area contributed by atoms with Gasteiger partial charge in [-0.15, -0.1) is 16.2 Å². The summed E-state index contributed by atoms with van der Waals surface area (Å²) in [6, 6.07) is 14.6. The van der Waals surface area contributed by atoms with Crippen LogP contribution in [0.1, 0.15) is 48.6 Å². The minimum Gasteiger partial charge on any atom is -0.461 e. The lowest BCUT2D eigenvalue weighted by Crippen LogP contribution is -2.16. The van der Waals surface area contributed by atoms with Crippen molar-refractivity contribution in [2.75, 3.05) is 27.0 Å². The molecule has 0 radical (unpaired) electrons. The quantitative estimate of drug-likeness (QED) is 0.136. The van der Waals surface area contributed by atoms with Gasteiger partial charge in [-0.2, -0.15) is 8.42 Å². The minimum atomic E-state index is -3.79. The summed E-state index contributed by atoms with van der Waals surface area (Å²) >= 11 is 1.44. The van der Waals surface area contributed by atoms with Gasteiger partial charge in [0.15, 0.2) is 5.69 Å². The zero-order chi connectivity index (χ0) is 27.0. The fourth-order valence-electron chi connectivity index (χ4n) is 3.75. The Kier molecular flexibility index (Phi) is 9.93. The van der Waals surface area contributed by atoms with Crippen LogP contribution in [0.5, 0.6) is 0 Å². The number of benzene rings is 2. The number of nitrogens with zero attached hydrogens (tertiary/aromatic N) is 4. The molecule has 0 amide bonds. The topological polar surface area (TPSA) is 93.9 Å². The molecule has 2 aromatic carbocycles. The summed E-state index contributed by atoms with van der Waals surface area (Å²) in [5.74, 6) is 0.503. The Hall–Kier alpha value is -3.11. The fraction of sp³-hybridized carbons (Fsp3) is 0.370. The second kappa shape index (κ2) is 12.9. The lowest BCUT2D eigenvalue weighted by atomic mass is 10.0. The van der Waals surface area contributed by atoms with E-state index in [1.807, 2.05) is 41.2 Å². The molecular formula is C27H34N4O4S2. The second-order valence-electron chi connectivity index (χ2n) is 8.68. The number of rotatable bonds is 12. The average Bonchev–Trinajstić information content (AvgIpc) is 3.24. The molecule has 0 aliphatic heterocycles. The van der Waals surface area contributed by atoms with E-state index in [9.17, 15) is 13.2 Å². The molecule has 0 spiro atoms. The molecule has 10 heteroatoms. The van der Waals surface area contributed by atoms with E-state index in [4.69, 9.17) is 9.72 Å². The highest BCUT2D eigenvalue weighted by Gasteiger charge is 2.24. The van der Waals surface area contributed by atoms with Gasteiger partial charge >= 0.3 is 5.97 Å². The molecule has 3 aromatic rings. The van der Waals surface area contributed by atoms with Crippen LogP contribution in [0.15, 0.2) is 62.9 Å². The molecule has 0 N–H and O–H groups in total. The summed E-state index contributed by atoms with van der Waals surface area (Å²) in [4.78, 5) is 19.3. The maximum atomic E-state index is 12.8. The number of sulfonamides is 1. The Labute approximate surface area is 223 Å². The Bertz CT molecular complexity index is 1350. The Morgan fingerprint density at radius 1 is 1.14 bits per heavy atom. The summed E-state index contributed by atoms with van der Waals surface area (Å²) in [6.45, 7) is 4.70. The molecule has 0 fully saturated rings. The predicted octanol–water partition coefficient (Wildman–Crippen LogP) is 5.12. The van der Waals surface area contributed by atoms with Crippen molar-refractivity contribution >= 4 is 34.1 Å². The molecule has 198 valence electrons. The second-order valence-corrected chi connectivity index (χ2v) is 11.1. The first-order valence-electron chi connectivity index (χ1n) is 12.2. The van der Waals surface area contributed by atoms with E-state index in [-0.39, 0.29) is 10.9 Å². The van der Waals surface area contributed by atoms with Crippen molar-refractivity contribution in [3.8, 4) is 11.1 Å². The lowest BCUT2D eigenvalue weighted by Gasteiger charge is -2.13. The monoisotopic (exact) mass is 542 g/mol. The summed E-state index contributed by atoms with van der Waals surface area (Å²) in [5, 5.41) is 0.677. The third-order valence-electron chi connectivity index (χ3n) is 5.61. The summed E-state index contributed by atoms with van der Waals surface area (Å²) in [6.07, 6.45) is 5.96. The van der Waals surface area contributed by atoms with Crippen LogP contribution in [-0.2, 0) is 27.7 Å². The highest BCUT2D eigenvalue weighted by atomic mass is 32.2. The summed E-state index contributed by atoms with van der Waals surface area (Å²) in [5.41, 5.74) is 3.14. The molecule has 0 saturated carbocycles. The predicted molar refractivity (Wildman–Crippen MR) is 149 cm³/mol. The number of imidazole rings is 1. The minimum absolute atomic E-state index is 0.134. The van der Waals surface area contributed by atoms with Crippen molar-refractivity contribution in [3.05, 3.63) is 65.6 Å². The molecule has 0 aliphatic rings. The number of thioether (sulfide) groups is 1. The van der Waals surface area contributed by atoms with E-state index in [1.165, 1.54) is 24.2 Å². The molecule has 1 heterocycles. The van der Waals surface area contributed by atoms with Gasteiger partial charge in [0.2, 0.25) is 0 Å². The first-order valence-corrected chi connectivity index (χ1v) is 14.8. The van der Waals surface area contributed by atoms with Crippen molar-refractivity contribution in [3.63, 3.8) is 0 Å². The largest absolute Gasteiger partial charge is 0.461 e. The zero-order valence-corrected chi connectivity index (χ0v) is 23.6. The van der Waals surface area contributed by atoms with Gasteiger partial charge in [0.25, 0.3) is 10.0 Å². The third kappa shape index (κ3) is 7.23. The number of esters is 1. The van der Waals surface area contributed by atoms with E-state index >= 15 is 0 Å². The van der Waals surface area contributed by atoms with Crippen LogP contribution in [0, 0.1) is 0 Å². The van der Waals surface area contributed by atoms with Crippen LogP contribution in [0.3, 0.4) is 0 Å². The standard InChI is InChI=1S/C27H34N4O4S2/c1-6-8-12-24-29-26(36-5)25(27(32)35-7-2)31(24)18-20-13-15-21(16-14-20)22-10-9-11-23(17-22)37(33,34)28-19-30(3)4/h9-11,13-17,19H,6-8,12,18H2,1-5H3. The van der Waals surface area contributed by atoms with Crippen LogP contribution < -0.4 is 0 Å². The number of unbranched alkanes of at least 4 members (excludes halogenated alkanes) is 1. The number of aromatic nitrogens is 2. The number of aryl methyl sites for hydroxylation is 1. The van der Waals surface area contributed by atoms with Crippen molar-refractivity contribution in [2.45, 2.75) is 49.6 Å².